The van der Waals surface area contributed by atoms with Crippen LogP contribution >= 0.6 is 23.2 Å². The topological polar surface area (TPSA) is 87.7 Å². The first-order valence-electron chi connectivity index (χ1n) is 10.4. The molecule has 0 heterocycles. The number of amides is 2. The van der Waals surface area contributed by atoms with E-state index in [0.29, 0.717) is 24.8 Å². The SMILES string of the molecule is CCOC(=O)[C@H](Cc1ccc(N(CCCl)CCCl)cc1)NC(=O)[C@H](NC(C)=O)C(C)C. The first-order valence-corrected chi connectivity index (χ1v) is 11.5. The number of hydrogen-bond acceptors (Lipinski definition) is 5. The predicted molar refractivity (Wildman–Crippen MR) is 125 cm³/mol. The molecule has 1 aromatic rings. The third-order valence-corrected chi connectivity index (χ3v) is 4.98. The molecule has 0 aliphatic rings. The molecular formula is C22H33Cl2N3O4. The molecule has 0 aliphatic carbocycles. The Morgan fingerprint density at radius 3 is 2.06 bits per heavy atom. The third kappa shape index (κ3) is 9.35. The normalized spacial score (nSPS) is 12.7. The lowest BCUT2D eigenvalue weighted by molar-refractivity contribution is -0.147. The van der Waals surface area contributed by atoms with Crippen LogP contribution in [-0.4, -0.2) is 61.3 Å². The Morgan fingerprint density at radius 2 is 1.61 bits per heavy atom. The molecular weight excluding hydrogens is 441 g/mol. The molecule has 2 atom stereocenters. The van der Waals surface area contributed by atoms with Crippen LogP contribution in [0.25, 0.3) is 0 Å². The van der Waals surface area contributed by atoms with Gasteiger partial charge in [-0.05, 0) is 30.5 Å². The van der Waals surface area contributed by atoms with Crippen molar-refractivity contribution in [1.82, 2.24) is 10.6 Å². The van der Waals surface area contributed by atoms with E-state index < -0.39 is 24.0 Å². The Labute approximate surface area is 194 Å². The standard InChI is InChI=1S/C22H33Cl2N3O4/c1-5-31-22(30)19(26-21(29)20(15(2)3)25-16(4)28)14-17-6-8-18(9-7-17)27(12-10-23)13-11-24/h6-9,15,19-20H,5,10-14H2,1-4H3,(H,25,28)(H,26,29)/t19-,20+/m0/s1. The van der Waals surface area contributed by atoms with Gasteiger partial charge in [0, 0.05) is 43.9 Å². The van der Waals surface area contributed by atoms with Gasteiger partial charge in [-0.2, -0.15) is 0 Å². The van der Waals surface area contributed by atoms with Crippen molar-refractivity contribution < 1.29 is 19.1 Å². The van der Waals surface area contributed by atoms with Crippen LogP contribution < -0.4 is 15.5 Å². The second kappa shape index (κ2) is 14.1. The van der Waals surface area contributed by atoms with Crippen LogP contribution in [-0.2, 0) is 25.5 Å². The Bertz CT molecular complexity index is 707. The molecule has 0 unspecified atom stereocenters. The van der Waals surface area contributed by atoms with Crippen molar-refractivity contribution in [3.8, 4) is 0 Å². The van der Waals surface area contributed by atoms with Gasteiger partial charge >= 0.3 is 5.97 Å². The number of alkyl halides is 2. The summed E-state index contributed by atoms with van der Waals surface area (Å²) in [5.41, 5.74) is 1.84. The molecule has 1 aromatic carbocycles. The van der Waals surface area contributed by atoms with Gasteiger partial charge in [-0.25, -0.2) is 4.79 Å². The predicted octanol–water partition coefficient (Wildman–Crippen LogP) is 2.72. The fourth-order valence-corrected chi connectivity index (χ4v) is 3.51. The average Bonchev–Trinajstić information content (AvgIpc) is 2.71. The van der Waals surface area contributed by atoms with E-state index in [-0.39, 0.29) is 24.9 Å². The number of anilines is 1. The molecule has 0 bridgehead atoms. The van der Waals surface area contributed by atoms with Gasteiger partial charge in [-0.3, -0.25) is 9.59 Å². The van der Waals surface area contributed by atoms with Gasteiger partial charge in [0.2, 0.25) is 11.8 Å². The maximum atomic E-state index is 12.8. The van der Waals surface area contributed by atoms with Gasteiger partial charge in [0.25, 0.3) is 0 Å². The molecule has 0 aliphatic heterocycles. The minimum Gasteiger partial charge on any atom is -0.464 e. The van der Waals surface area contributed by atoms with Gasteiger partial charge in [0.15, 0.2) is 0 Å². The van der Waals surface area contributed by atoms with Crippen molar-refractivity contribution in [3.05, 3.63) is 29.8 Å². The monoisotopic (exact) mass is 473 g/mol. The lowest BCUT2D eigenvalue weighted by atomic mass is 10.0. The minimum atomic E-state index is -0.866. The van der Waals surface area contributed by atoms with E-state index in [9.17, 15) is 14.4 Å². The number of halogens is 2. The van der Waals surface area contributed by atoms with E-state index in [2.05, 4.69) is 15.5 Å². The molecule has 31 heavy (non-hydrogen) atoms. The number of ether oxygens (including phenoxy) is 1. The Hall–Kier alpha value is -1.99. The Balaban J connectivity index is 2.98. The first kappa shape index (κ1) is 27.0. The van der Waals surface area contributed by atoms with Crippen LogP contribution in [0.2, 0.25) is 0 Å². The fraction of sp³-hybridized carbons (Fsp3) is 0.591. The zero-order valence-electron chi connectivity index (χ0n) is 18.6. The Morgan fingerprint density at radius 1 is 1.03 bits per heavy atom. The quantitative estimate of drug-likeness (QED) is 0.339. The highest BCUT2D eigenvalue weighted by Gasteiger charge is 2.29. The molecule has 0 saturated heterocycles. The minimum absolute atomic E-state index is 0.138. The number of esters is 1. The van der Waals surface area contributed by atoms with Crippen LogP contribution in [0.5, 0.6) is 0 Å². The summed E-state index contributed by atoms with van der Waals surface area (Å²) in [6.45, 7) is 8.27. The van der Waals surface area contributed by atoms with E-state index in [4.69, 9.17) is 27.9 Å². The first-order chi connectivity index (χ1) is 14.7. The summed E-state index contributed by atoms with van der Waals surface area (Å²) in [5.74, 6) is -0.412. The lowest BCUT2D eigenvalue weighted by Gasteiger charge is -2.25. The summed E-state index contributed by atoms with van der Waals surface area (Å²) in [6, 6.07) is 6.07. The number of carbonyl (C=O) groups excluding carboxylic acids is 3. The second-order valence-corrected chi connectivity index (χ2v) is 8.23. The van der Waals surface area contributed by atoms with Crippen molar-refractivity contribution in [3.63, 3.8) is 0 Å². The van der Waals surface area contributed by atoms with E-state index >= 15 is 0 Å². The highest BCUT2D eigenvalue weighted by Crippen LogP contribution is 2.17. The maximum Gasteiger partial charge on any atom is 0.328 e. The molecule has 174 valence electrons. The summed E-state index contributed by atoms with van der Waals surface area (Å²) in [6.07, 6.45) is 0.265. The molecule has 1 rings (SSSR count). The maximum absolute atomic E-state index is 12.8. The zero-order chi connectivity index (χ0) is 23.4. The van der Waals surface area contributed by atoms with E-state index in [1.807, 2.05) is 38.1 Å². The van der Waals surface area contributed by atoms with Crippen molar-refractivity contribution in [2.75, 3.05) is 36.4 Å². The molecule has 0 aromatic heterocycles. The number of nitrogens with one attached hydrogen (secondary N) is 2. The van der Waals surface area contributed by atoms with Gasteiger partial charge in [-0.15, -0.1) is 23.2 Å². The van der Waals surface area contributed by atoms with Crippen molar-refractivity contribution in [2.24, 2.45) is 5.92 Å². The number of rotatable bonds is 13. The van der Waals surface area contributed by atoms with E-state index in [1.54, 1.807) is 6.92 Å². The smallest absolute Gasteiger partial charge is 0.328 e. The van der Waals surface area contributed by atoms with Crippen LogP contribution in [0, 0.1) is 5.92 Å². The molecule has 0 spiro atoms. The second-order valence-electron chi connectivity index (χ2n) is 7.47. The average molecular weight is 474 g/mol. The molecule has 7 nitrogen and oxygen atoms in total. The molecule has 2 amide bonds. The van der Waals surface area contributed by atoms with Gasteiger partial charge in [0.05, 0.1) is 6.61 Å². The summed E-state index contributed by atoms with van der Waals surface area (Å²) >= 11 is 11.7. The summed E-state index contributed by atoms with van der Waals surface area (Å²) in [4.78, 5) is 38.8. The third-order valence-electron chi connectivity index (χ3n) is 4.65. The molecule has 0 saturated carbocycles. The molecule has 2 N–H and O–H groups in total. The molecule has 9 heteroatoms. The zero-order valence-corrected chi connectivity index (χ0v) is 20.1. The van der Waals surface area contributed by atoms with E-state index in [1.165, 1.54) is 6.92 Å². The summed E-state index contributed by atoms with van der Waals surface area (Å²) < 4.78 is 5.15. The van der Waals surface area contributed by atoms with E-state index in [0.717, 1.165) is 11.3 Å². The van der Waals surface area contributed by atoms with Crippen LogP contribution in [0.3, 0.4) is 0 Å². The number of hydrogen-bond donors (Lipinski definition) is 2. The fourth-order valence-electron chi connectivity index (χ4n) is 3.10. The van der Waals surface area contributed by atoms with Gasteiger partial charge in [0.1, 0.15) is 12.1 Å². The lowest BCUT2D eigenvalue weighted by Crippen LogP contribution is -2.54. The summed E-state index contributed by atoms with van der Waals surface area (Å²) in [5, 5.41) is 5.37. The van der Waals surface area contributed by atoms with Crippen molar-refractivity contribution in [2.45, 2.75) is 46.2 Å². The largest absolute Gasteiger partial charge is 0.464 e. The van der Waals surface area contributed by atoms with Gasteiger partial charge in [-0.1, -0.05) is 26.0 Å². The highest BCUT2D eigenvalue weighted by molar-refractivity contribution is 6.18. The van der Waals surface area contributed by atoms with Crippen molar-refractivity contribution in [1.29, 1.82) is 0 Å². The number of carbonyl (C=O) groups is 3. The number of benzene rings is 1. The van der Waals surface area contributed by atoms with Crippen molar-refractivity contribution >= 4 is 46.7 Å². The van der Waals surface area contributed by atoms with Crippen LogP contribution in [0.4, 0.5) is 5.69 Å². The van der Waals surface area contributed by atoms with Crippen LogP contribution in [0.15, 0.2) is 24.3 Å². The Kier molecular flexibility index (Phi) is 12.3. The van der Waals surface area contributed by atoms with Crippen LogP contribution in [0.1, 0.15) is 33.3 Å². The summed E-state index contributed by atoms with van der Waals surface area (Å²) in [7, 11) is 0. The van der Waals surface area contributed by atoms with Gasteiger partial charge < -0.3 is 20.3 Å². The number of nitrogens with zero attached hydrogens (tertiary/aromatic N) is 1. The molecule has 0 fully saturated rings. The highest BCUT2D eigenvalue weighted by atomic mass is 35.5. The molecule has 0 radical (unpaired) electrons.